The van der Waals surface area contributed by atoms with E-state index in [4.69, 9.17) is 0 Å². The first-order valence-corrected chi connectivity index (χ1v) is 8.64. The quantitative estimate of drug-likeness (QED) is 0.454. The summed E-state index contributed by atoms with van der Waals surface area (Å²) in [6, 6.07) is 3.32. The van der Waals surface area contributed by atoms with Crippen molar-refractivity contribution in [3.05, 3.63) is 0 Å². The number of unbranched alkanes of at least 4 members (excludes halogenated alkanes) is 2. The Kier molecular flexibility index (Phi) is 5.77. The summed E-state index contributed by atoms with van der Waals surface area (Å²) in [5, 5.41) is 0. The van der Waals surface area contributed by atoms with Crippen molar-refractivity contribution < 1.29 is 0 Å². The van der Waals surface area contributed by atoms with Crippen molar-refractivity contribution in [1.29, 1.82) is 0 Å². The van der Waals surface area contributed by atoms with E-state index in [1.54, 1.807) is 31.4 Å². The highest BCUT2D eigenvalue weighted by atomic mass is 28.3. The van der Waals surface area contributed by atoms with Crippen molar-refractivity contribution in [3.8, 4) is 0 Å². The monoisotopic (exact) mass is 198 g/mol. The molecule has 0 aliphatic carbocycles. The molecule has 1 rings (SSSR count). The van der Waals surface area contributed by atoms with Gasteiger partial charge in [0.05, 0.1) is 0 Å². The molecule has 0 radical (unpaired) electrons. The maximum Gasteiger partial charge on any atom is 0.0396 e. The normalized spacial score (nSPS) is 21.7. The van der Waals surface area contributed by atoms with E-state index in [9.17, 15) is 0 Å². The van der Waals surface area contributed by atoms with Gasteiger partial charge in [-0.1, -0.05) is 76.4 Å². The molecular formula is C12H26Si. The summed E-state index contributed by atoms with van der Waals surface area (Å²) >= 11 is 0. The van der Waals surface area contributed by atoms with Gasteiger partial charge in [-0.05, 0) is 0 Å². The third-order valence-corrected chi connectivity index (χ3v) is 7.96. The lowest BCUT2D eigenvalue weighted by atomic mass is 10.2. The van der Waals surface area contributed by atoms with Crippen molar-refractivity contribution in [2.45, 2.75) is 76.4 Å². The third kappa shape index (κ3) is 4.30. The Morgan fingerprint density at radius 1 is 1.08 bits per heavy atom. The van der Waals surface area contributed by atoms with Crippen LogP contribution in [-0.2, 0) is 0 Å². The van der Waals surface area contributed by atoms with Gasteiger partial charge in [-0.25, -0.2) is 0 Å². The van der Waals surface area contributed by atoms with Crippen LogP contribution < -0.4 is 0 Å². The molecule has 0 bridgehead atoms. The van der Waals surface area contributed by atoms with Crippen LogP contribution in [0.4, 0.5) is 0 Å². The first-order chi connectivity index (χ1) is 6.34. The molecule has 1 atom stereocenters. The topological polar surface area (TPSA) is 0 Å². The molecule has 1 fully saturated rings. The van der Waals surface area contributed by atoms with Crippen LogP contribution in [0.15, 0.2) is 0 Å². The van der Waals surface area contributed by atoms with Gasteiger partial charge in [0.1, 0.15) is 0 Å². The minimum atomic E-state index is -0.263. The Bertz CT molecular complexity index is 116. The second-order valence-corrected chi connectivity index (χ2v) is 8.68. The van der Waals surface area contributed by atoms with Gasteiger partial charge in [0.2, 0.25) is 0 Å². The van der Waals surface area contributed by atoms with Crippen LogP contribution in [-0.4, -0.2) is 8.80 Å². The molecule has 1 heterocycles. The molecule has 13 heavy (non-hydrogen) atoms. The second kappa shape index (κ2) is 6.64. The first-order valence-electron chi connectivity index (χ1n) is 6.34. The van der Waals surface area contributed by atoms with Crippen LogP contribution in [0.3, 0.4) is 0 Å². The van der Waals surface area contributed by atoms with Crippen LogP contribution >= 0.6 is 0 Å². The van der Waals surface area contributed by atoms with E-state index in [2.05, 4.69) is 13.8 Å². The van der Waals surface area contributed by atoms with Crippen molar-refractivity contribution in [3.63, 3.8) is 0 Å². The molecule has 1 unspecified atom stereocenters. The SMILES string of the molecule is CCCCCC(C)[SiH]1CCCCC1. The number of rotatable bonds is 5. The highest BCUT2D eigenvalue weighted by molar-refractivity contribution is 6.60. The van der Waals surface area contributed by atoms with Gasteiger partial charge in [0.15, 0.2) is 0 Å². The summed E-state index contributed by atoms with van der Waals surface area (Å²) in [6.45, 7) is 4.85. The largest absolute Gasteiger partial charge is 0.0654 e. The Hall–Kier alpha value is 0.217. The molecule has 0 amide bonds. The molecule has 0 aromatic carbocycles. The van der Waals surface area contributed by atoms with E-state index in [0.717, 1.165) is 5.54 Å². The average Bonchev–Trinajstić information content (AvgIpc) is 2.19. The molecule has 0 aromatic rings. The maximum atomic E-state index is 2.54. The number of hydrogen-bond donors (Lipinski definition) is 0. The molecule has 1 aliphatic rings. The molecule has 0 spiro atoms. The van der Waals surface area contributed by atoms with Crippen LogP contribution in [0.1, 0.15) is 58.8 Å². The van der Waals surface area contributed by atoms with Gasteiger partial charge in [0.25, 0.3) is 0 Å². The molecular weight excluding hydrogens is 172 g/mol. The standard InChI is InChI=1S/C12H26Si/c1-3-4-6-9-12(2)13-10-7-5-8-11-13/h12-13H,3-11H2,1-2H3. The van der Waals surface area contributed by atoms with E-state index in [1.807, 2.05) is 0 Å². The Labute approximate surface area is 85.7 Å². The van der Waals surface area contributed by atoms with Crippen molar-refractivity contribution in [1.82, 2.24) is 0 Å². The summed E-state index contributed by atoms with van der Waals surface area (Å²) in [6.07, 6.45) is 10.6. The Morgan fingerprint density at radius 3 is 2.38 bits per heavy atom. The Balaban J connectivity index is 2.09. The first kappa shape index (κ1) is 11.3. The fourth-order valence-corrected chi connectivity index (χ4v) is 6.42. The zero-order chi connectivity index (χ0) is 9.52. The van der Waals surface area contributed by atoms with Gasteiger partial charge in [0, 0.05) is 8.80 Å². The summed E-state index contributed by atoms with van der Waals surface area (Å²) < 4.78 is 0. The van der Waals surface area contributed by atoms with E-state index in [-0.39, 0.29) is 8.80 Å². The Morgan fingerprint density at radius 2 is 1.77 bits per heavy atom. The lowest BCUT2D eigenvalue weighted by Gasteiger charge is -2.26. The molecule has 0 N–H and O–H groups in total. The average molecular weight is 198 g/mol. The highest BCUT2D eigenvalue weighted by Crippen LogP contribution is 2.30. The summed E-state index contributed by atoms with van der Waals surface area (Å²) in [5.41, 5.74) is 1.15. The van der Waals surface area contributed by atoms with Crippen LogP contribution in [0.2, 0.25) is 17.6 Å². The molecule has 0 nitrogen and oxygen atoms in total. The lowest BCUT2D eigenvalue weighted by molar-refractivity contribution is 0.630. The van der Waals surface area contributed by atoms with Crippen molar-refractivity contribution in [2.24, 2.45) is 0 Å². The van der Waals surface area contributed by atoms with E-state index >= 15 is 0 Å². The molecule has 78 valence electrons. The van der Waals surface area contributed by atoms with E-state index in [0.29, 0.717) is 0 Å². The zero-order valence-corrected chi connectivity index (χ0v) is 10.7. The highest BCUT2D eigenvalue weighted by Gasteiger charge is 2.20. The molecule has 0 aromatic heterocycles. The summed E-state index contributed by atoms with van der Waals surface area (Å²) in [4.78, 5) is 0. The fraction of sp³-hybridized carbons (Fsp3) is 1.00. The van der Waals surface area contributed by atoms with Gasteiger partial charge in [-0.3, -0.25) is 0 Å². The van der Waals surface area contributed by atoms with E-state index < -0.39 is 0 Å². The molecule has 1 aliphatic heterocycles. The van der Waals surface area contributed by atoms with Crippen LogP contribution in [0, 0.1) is 0 Å². The van der Waals surface area contributed by atoms with Gasteiger partial charge in [-0.2, -0.15) is 0 Å². The van der Waals surface area contributed by atoms with Crippen molar-refractivity contribution >= 4 is 8.80 Å². The van der Waals surface area contributed by atoms with Gasteiger partial charge >= 0.3 is 0 Å². The fourth-order valence-electron chi connectivity index (χ4n) is 2.66. The molecule has 1 heteroatoms. The third-order valence-electron chi connectivity index (χ3n) is 3.72. The summed E-state index contributed by atoms with van der Waals surface area (Å²) in [5.74, 6) is 0. The predicted octanol–water partition coefficient (Wildman–Crippen LogP) is 4.37. The second-order valence-electron chi connectivity index (χ2n) is 4.87. The minimum absolute atomic E-state index is 0.263. The van der Waals surface area contributed by atoms with Crippen molar-refractivity contribution in [2.75, 3.05) is 0 Å². The van der Waals surface area contributed by atoms with Crippen LogP contribution in [0.25, 0.3) is 0 Å². The predicted molar refractivity (Wildman–Crippen MR) is 64.2 cm³/mol. The molecule has 0 saturated carbocycles. The molecule has 1 saturated heterocycles. The maximum absolute atomic E-state index is 2.54. The minimum Gasteiger partial charge on any atom is -0.0654 e. The zero-order valence-electron chi connectivity index (χ0n) is 9.52. The summed E-state index contributed by atoms with van der Waals surface area (Å²) in [7, 11) is -0.263. The lowest BCUT2D eigenvalue weighted by Crippen LogP contribution is -2.21. The van der Waals surface area contributed by atoms with Crippen LogP contribution in [0.5, 0.6) is 0 Å². The van der Waals surface area contributed by atoms with Gasteiger partial charge in [-0.15, -0.1) is 0 Å². The smallest absolute Gasteiger partial charge is 0.0396 e. The van der Waals surface area contributed by atoms with E-state index in [1.165, 1.54) is 25.7 Å². The number of hydrogen-bond acceptors (Lipinski definition) is 0. The van der Waals surface area contributed by atoms with Gasteiger partial charge < -0.3 is 0 Å².